The number of methoxy groups -OCH3 is 1. The second-order valence-corrected chi connectivity index (χ2v) is 5.21. The predicted molar refractivity (Wildman–Crippen MR) is 74.9 cm³/mol. The van der Waals surface area contributed by atoms with Gasteiger partial charge in [-0.25, -0.2) is 4.79 Å². The molecule has 1 aromatic heterocycles. The molecule has 1 aliphatic rings. The number of nitrogens with one attached hydrogen (secondary N) is 1. The molecule has 0 radical (unpaired) electrons. The lowest BCUT2D eigenvalue weighted by atomic mass is 10.4. The number of aromatic amines is 1. The van der Waals surface area contributed by atoms with Crippen molar-refractivity contribution in [2.24, 2.45) is 0 Å². The first-order valence-corrected chi connectivity index (χ1v) is 7.03. The van der Waals surface area contributed by atoms with E-state index in [1.165, 1.54) is 23.9 Å². The summed E-state index contributed by atoms with van der Waals surface area (Å²) in [5.74, 6) is -0.362. The minimum Gasteiger partial charge on any atom is -0.468 e. The Kier molecular flexibility index (Phi) is 4.99. The number of H-pyrrole nitrogens is 1. The maximum absolute atomic E-state index is 11.8. The minimum absolute atomic E-state index is 0.0540. The van der Waals surface area contributed by atoms with E-state index in [4.69, 9.17) is 9.84 Å². The Bertz CT molecular complexity index is 664. The van der Waals surface area contributed by atoms with Crippen LogP contribution in [0.25, 0.3) is 0 Å². The maximum atomic E-state index is 11.8. The second-order valence-electron chi connectivity index (χ2n) is 4.16. The largest absolute Gasteiger partial charge is 0.468 e. The number of carbonyl (C=O) groups excluding carboxylic acids is 1. The van der Waals surface area contributed by atoms with Gasteiger partial charge in [-0.1, -0.05) is 0 Å². The molecule has 0 saturated heterocycles. The Hall–Kier alpha value is -1.84. The summed E-state index contributed by atoms with van der Waals surface area (Å²) in [6.45, 7) is -0.253. The van der Waals surface area contributed by atoms with Crippen LogP contribution in [0.2, 0.25) is 0 Å². The molecule has 8 nitrogen and oxygen atoms in total. The normalized spacial score (nSPS) is 21.1. The predicted octanol–water partition coefficient (Wildman–Crippen LogP) is -0.784. The molecule has 21 heavy (non-hydrogen) atoms. The van der Waals surface area contributed by atoms with Gasteiger partial charge in [0.15, 0.2) is 6.23 Å². The minimum atomic E-state index is -0.791. The van der Waals surface area contributed by atoms with E-state index in [0.717, 1.165) is 11.8 Å². The average Bonchev–Trinajstić information content (AvgIpc) is 2.88. The number of ether oxygens (including phenoxy) is 2. The molecule has 0 unspecified atom stereocenters. The SMILES string of the molecule is COC(=O)CSC1=C[C@@H](CO)O[C@H]1n1ccc(=O)[nH]c1=O. The van der Waals surface area contributed by atoms with Crippen LogP contribution < -0.4 is 11.2 Å². The molecule has 0 saturated carbocycles. The zero-order chi connectivity index (χ0) is 15.4. The van der Waals surface area contributed by atoms with Gasteiger partial charge in [0, 0.05) is 17.2 Å². The van der Waals surface area contributed by atoms with Crippen molar-refractivity contribution in [3.05, 3.63) is 44.1 Å². The first-order valence-electron chi connectivity index (χ1n) is 6.04. The van der Waals surface area contributed by atoms with Gasteiger partial charge in [0.25, 0.3) is 5.56 Å². The fourth-order valence-electron chi connectivity index (χ4n) is 1.77. The van der Waals surface area contributed by atoms with Gasteiger partial charge in [-0.15, -0.1) is 11.8 Å². The Balaban J connectivity index is 2.24. The summed E-state index contributed by atoms with van der Waals surface area (Å²) in [6, 6.07) is 1.19. The molecule has 9 heteroatoms. The van der Waals surface area contributed by atoms with Gasteiger partial charge in [0.2, 0.25) is 0 Å². The van der Waals surface area contributed by atoms with Crippen molar-refractivity contribution in [3.8, 4) is 0 Å². The van der Waals surface area contributed by atoms with Crippen LogP contribution >= 0.6 is 11.8 Å². The smallest absolute Gasteiger partial charge is 0.330 e. The topological polar surface area (TPSA) is 111 Å². The lowest BCUT2D eigenvalue weighted by molar-refractivity contribution is -0.137. The summed E-state index contributed by atoms with van der Waals surface area (Å²) in [5, 5.41) is 9.17. The van der Waals surface area contributed by atoms with E-state index in [2.05, 4.69) is 9.72 Å². The number of hydrogen-bond acceptors (Lipinski definition) is 7. The van der Waals surface area contributed by atoms with E-state index >= 15 is 0 Å². The Morgan fingerprint density at radius 1 is 1.57 bits per heavy atom. The van der Waals surface area contributed by atoms with Crippen LogP contribution in [0.3, 0.4) is 0 Å². The number of rotatable bonds is 5. The molecule has 0 bridgehead atoms. The number of hydrogen-bond donors (Lipinski definition) is 2. The quantitative estimate of drug-likeness (QED) is 0.686. The van der Waals surface area contributed by atoms with Crippen molar-refractivity contribution in [1.82, 2.24) is 9.55 Å². The summed E-state index contributed by atoms with van der Waals surface area (Å²) in [6.07, 6.45) is 1.57. The van der Waals surface area contributed by atoms with Crippen molar-refractivity contribution < 1.29 is 19.4 Å². The molecule has 0 aromatic carbocycles. The van der Waals surface area contributed by atoms with E-state index in [1.807, 2.05) is 0 Å². The maximum Gasteiger partial charge on any atom is 0.330 e. The van der Waals surface area contributed by atoms with Gasteiger partial charge in [0.05, 0.1) is 19.5 Å². The molecular formula is C12H14N2O6S. The third-order valence-corrected chi connectivity index (χ3v) is 3.82. The van der Waals surface area contributed by atoms with Gasteiger partial charge < -0.3 is 14.6 Å². The number of esters is 1. The van der Waals surface area contributed by atoms with Gasteiger partial charge >= 0.3 is 11.7 Å². The third kappa shape index (κ3) is 3.63. The number of thioether (sulfide) groups is 1. The standard InChI is InChI=1S/C12H14N2O6S/c1-19-10(17)6-21-8-4-7(5-15)20-11(8)14-3-2-9(16)13-12(14)18/h2-4,7,11,15H,5-6H2,1H3,(H,13,16,18)/t7-,11+/m0/s1. The number of carbonyl (C=O) groups is 1. The number of aliphatic hydroxyl groups is 1. The van der Waals surface area contributed by atoms with Crippen LogP contribution in [0, 0.1) is 0 Å². The summed E-state index contributed by atoms with van der Waals surface area (Å²) in [5.41, 5.74) is -1.14. The fourth-order valence-corrected chi connectivity index (χ4v) is 2.73. The van der Waals surface area contributed by atoms with E-state index in [0.29, 0.717) is 4.91 Å². The van der Waals surface area contributed by atoms with Gasteiger partial charge in [-0.3, -0.25) is 19.1 Å². The zero-order valence-corrected chi connectivity index (χ0v) is 12.0. The summed E-state index contributed by atoms with van der Waals surface area (Å²) < 4.78 is 11.3. The lowest BCUT2D eigenvalue weighted by Gasteiger charge is -2.17. The average molecular weight is 314 g/mol. The number of nitrogens with zero attached hydrogens (tertiary/aromatic N) is 1. The van der Waals surface area contributed by atoms with Crippen LogP contribution in [-0.4, -0.2) is 46.2 Å². The van der Waals surface area contributed by atoms with Crippen LogP contribution in [0.15, 0.2) is 32.8 Å². The molecular weight excluding hydrogens is 300 g/mol. The van der Waals surface area contributed by atoms with Gasteiger partial charge in [-0.2, -0.15) is 0 Å². The molecule has 1 aliphatic heterocycles. The van der Waals surface area contributed by atoms with Crippen LogP contribution in [0.1, 0.15) is 6.23 Å². The summed E-state index contributed by atoms with van der Waals surface area (Å²) in [4.78, 5) is 36.8. The highest BCUT2D eigenvalue weighted by Gasteiger charge is 2.29. The number of aromatic nitrogens is 2. The molecule has 0 aliphatic carbocycles. The first-order chi connectivity index (χ1) is 10.0. The van der Waals surface area contributed by atoms with Crippen molar-refractivity contribution >= 4 is 17.7 Å². The van der Waals surface area contributed by atoms with Crippen molar-refractivity contribution in [3.63, 3.8) is 0 Å². The molecule has 0 amide bonds. The molecule has 114 valence electrons. The zero-order valence-electron chi connectivity index (χ0n) is 11.1. The monoisotopic (exact) mass is 314 g/mol. The third-order valence-electron chi connectivity index (χ3n) is 2.77. The highest BCUT2D eigenvalue weighted by molar-refractivity contribution is 8.03. The lowest BCUT2D eigenvalue weighted by Crippen LogP contribution is -2.32. The molecule has 0 fully saturated rings. The molecule has 2 N–H and O–H groups in total. The molecule has 1 aromatic rings. The van der Waals surface area contributed by atoms with Crippen molar-refractivity contribution in [1.29, 1.82) is 0 Å². The van der Waals surface area contributed by atoms with Crippen LogP contribution in [-0.2, 0) is 14.3 Å². The van der Waals surface area contributed by atoms with Gasteiger partial charge in [-0.05, 0) is 6.08 Å². The first kappa shape index (κ1) is 15.5. The second kappa shape index (κ2) is 6.74. The molecule has 0 spiro atoms. The Morgan fingerprint density at radius 3 is 2.95 bits per heavy atom. The van der Waals surface area contributed by atoms with Crippen LogP contribution in [0.4, 0.5) is 0 Å². The van der Waals surface area contributed by atoms with Crippen molar-refractivity contribution in [2.45, 2.75) is 12.3 Å². The molecule has 2 rings (SSSR count). The number of aliphatic hydroxyl groups excluding tert-OH is 1. The Morgan fingerprint density at radius 2 is 2.33 bits per heavy atom. The van der Waals surface area contributed by atoms with E-state index in [1.54, 1.807) is 6.08 Å². The summed E-state index contributed by atoms with van der Waals surface area (Å²) >= 11 is 1.15. The van der Waals surface area contributed by atoms with E-state index < -0.39 is 29.6 Å². The summed E-state index contributed by atoms with van der Waals surface area (Å²) in [7, 11) is 1.28. The van der Waals surface area contributed by atoms with Gasteiger partial charge in [0.1, 0.15) is 6.10 Å². The highest BCUT2D eigenvalue weighted by Crippen LogP contribution is 2.35. The van der Waals surface area contributed by atoms with Crippen molar-refractivity contribution in [2.75, 3.05) is 19.5 Å². The highest BCUT2D eigenvalue weighted by atomic mass is 32.2. The van der Waals surface area contributed by atoms with E-state index in [9.17, 15) is 14.4 Å². The molecule has 2 atom stereocenters. The van der Waals surface area contributed by atoms with E-state index in [-0.39, 0.29) is 12.4 Å². The van der Waals surface area contributed by atoms with Crippen LogP contribution in [0.5, 0.6) is 0 Å². The molecule has 2 heterocycles. The fraction of sp³-hybridized carbons (Fsp3) is 0.417. The Labute approximate surface area is 123 Å².